The first kappa shape index (κ1) is 12.6. The van der Waals surface area contributed by atoms with Crippen LogP contribution in [0.2, 0.25) is 0 Å². The van der Waals surface area contributed by atoms with Crippen LogP contribution in [-0.2, 0) is 4.79 Å². The molecule has 0 aromatic rings. The second-order valence-electron chi connectivity index (χ2n) is 3.76. The van der Waals surface area contributed by atoms with Crippen LogP contribution in [0.1, 0.15) is 32.1 Å². The topological polar surface area (TPSA) is 17.1 Å². The smallest absolute Gasteiger partial charge is 0.281 e. The van der Waals surface area contributed by atoms with Gasteiger partial charge in [-0.2, -0.15) is 13.2 Å². The van der Waals surface area contributed by atoms with Gasteiger partial charge in [0.2, 0.25) is 5.24 Å². The normalized spacial score (nSPS) is 22.4. The van der Waals surface area contributed by atoms with Gasteiger partial charge in [-0.1, -0.05) is 6.08 Å². The molecule has 0 radical (unpaired) electrons. The number of hydrogen-bond donors (Lipinski definition) is 0. The first-order chi connectivity index (χ1) is 6.89. The number of hydrogen-bond acceptors (Lipinski definition) is 1. The molecule has 0 aromatic carbocycles. The van der Waals surface area contributed by atoms with Gasteiger partial charge in [-0.3, -0.25) is 4.79 Å². The molecule has 0 N–H and O–H groups in total. The predicted molar refractivity (Wildman–Crippen MR) is 51.6 cm³/mol. The van der Waals surface area contributed by atoms with Gasteiger partial charge in [-0.15, -0.1) is 0 Å². The highest BCUT2D eigenvalue weighted by molar-refractivity contribution is 6.63. The summed E-state index contributed by atoms with van der Waals surface area (Å²) in [5.74, 6) is 0.166. The molecule has 0 bridgehead atoms. The van der Waals surface area contributed by atoms with E-state index in [2.05, 4.69) is 0 Å². The van der Waals surface area contributed by atoms with Crippen molar-refractivity contribution in [2.24, 2.45) is 5.92 Å². The van der Waals surface area contributed by atoms with Crippen LogP contribution in [0.25, 0.3) is 0 Å². The number of carbonyl (C=O) groups is 1. The summed E-state index contributed by atoms with van der Waals surface area (Å²) in [5, 5.41) is -0.416. The molecule has 0 aromatic heterocycles. The summed E-state index contributed by atoms with van der Waals surface area (Å²) < 4.78 is 36.7. The minimum absolute atomic E-state index is 0.0602. The van der Waals surface area contributed by atoms with Crippen molar-refractivity contribution >= 4 is 16.8 Å². The largest absolute Gasteiger partial charge is 0.412 e. The molecule has 0 saturated carbocycles. The summed E-state index contributed by atoms with van der Waals surface area (Å²) in [7, 11) is 0. The van der Waals surface area contributed by atoms with Crippen molar-refractivity contribution in [3.05, 3.63) is 11.6 Å². The second kappa shape index (κ2) is 5.01. The molecule has 0 saturated heterocycles. The standard InChI is InChI=1S/C10H12ClF3O/c11-9(15)6-3-7-1-4-8(5-2-7)10(12,13)14/h4,7H,1-3,5-6H2. The van der Waals surface area contributed by atoms with Crippen LogP contribution in [0, 0.1) is 5.92 Å². The van der Waals surface area contributed by atoms with Crippen LogP contribution in [0.4, 0.5) is 13.2 Å². The third-order valence-electron chi connectivity index (χ3n) is 2.63. The fraction of sp³-hybridized carbons (Fsp3) is 0.700. The van der Waals surface area contributed by atoms with E-state index in [0.29, 0.717) is 19.3 Å². The van der Waals surface area contributed by atoms with Crippen LogP contribution < -0.4 is 0 Å². The molecule has 5 heteroatoms. The summed E-state index contributed by atoms with van der Waals surface area (Å²) >= 11 is 5.16. The van der Waals surface area contributed by atoms with E-state index in [-0.39, 0.29) is 18.8 Å². The predicted octanol–water partition coefficient (Wildman–Crippen LogP) is 3.82. The lowest BCUT2D eigenvalue weighted by Gasteiger charge is -2.22. The average Bonchev–Trinajstić information content (AvgIpc) is 2.14. The molecule has 0 spiro atoms. The Morgan fingerprint density at radius 1 is 1.53 bits per heavy atom. The Morgan fingerprint density at radius 2 is 2.20 bits per heavy atom. The molecule has 0 amide bonds. The summed E-state index contributed by atoms with van der Waals surface area (Å²) in [4.78, 5) is 10.5. The van der Waals surface area contributed by atoms with Crippen LogP contribution in [0.5, 0.6) is 0 Å². The van der Waals surface area contributed by atoms with Crippen molar-refractivity contribution < 1.29 is 18.0 Å². The lowest BCUT2D eigenvalue weighted by atomic mass is 9.86. The Kier molecular flexibility index (Phi) is 4.20. The Morgan fingerprint density at radius 3 is 2.60 bits per heavy atom. The summed E-state index contributed by atoms with van der Waals surface area (Å²) in [5.41, 5.74) is -0.434. The van der Waals surface area contributed by atoms with Crippen molar-refractivity contribution in [1.82, 2.24) is 0 Å². The van der Waals surface area contributed by atoms with Crippen LogP contribution >= 0.6 is 11.6 Å². The van der Waals surface area contributed by atoms with E-state index in [4.69, 9.17) is 11.6 Å². The fourth-order valence-corrected chi connectivity index (χ4v) is 1.83. The van der Waals surface area contributed by atoms with E-state index in [0.717, 1.165) is 0 Å². The van der Waals surface area contributed by atoms with Gasteiger partial charge in [-0.05, 0) is 43.2 Å². The number of halogens is 4. The van der Waals surface area contributed by atoms with Gasteiger partial charge in [0.25, 0.3) is 0 Å². The van der Waals surface area contributed by atoms with Crippen molar-refractivity contribution in [2.75, 3.05) is 0 Å². The Hall–Kier alpha value is -0.510. The quantitative estimate of drug-likeness (QED) is 0.541. The maximum absolute atomic E-state index is 12.2. The minimum Gasteiger partial charge on any atom is -0.281 e. The van der Waals surface area contributed by atoms with Crippen LogP contribution in [0.15, 0.2) is 11.6 Å². The minimum atomic E-state index is -4.19. The van der Waals surface area contributed by atoms with Gasteiger partial charge in [-0.25, -0.2) is 0 Å². The van der Waals surface area contributed by atoms with E-state index in [1.54, 1.807) is 0 Å². The Balaban J connectivity index is 2.41. The number of alkyl halides is 3. The summed E-state index contributed by atoms with van der Waals surface area (Å²) in [6.07, 6.45) is -1.15. The Labute approximate surface area is 91.3 Å². The molecular formula is C10H12ClF3O. The molecule has 86 valence electrons. The van der Waals surface area contributed by atoms with Gasteiger partial charge < -0.3 is 0 Å². The number of carbonyl (C=O) groups excluding carboxylic acids is 1. The zero-order chi connectivity index (χ0) is 11.5. The fourth-order valence-electron chi connectivity index (χ4n) is 1.73. The van der Waals surface area contributed by atoms with E-state index >= 15 is 0 Å². The van der Waals surface area contributed by atoms with E-state index in [1.165, 1.54) is 6.08 Å². The molecule has 15 heavy (non-hydrogen) atoms. The molecule has 0 heterocycles. The van der Waals surface area contributed by atoms with Gasteiger partial charge in [0, 0.05) is 12.0 Å². The van der Waals surface area contributed by atoms with Gasteiger partial charge in [0.15, 0.2) is 0 Å². The SMILES string of the molecule is O=C(Cl)CCC1CC=C(C(F)(F)F)CC1. The van der Waals surface area contributed by atoms with E-state index in [1.807, 2.05) is 0 Å². The van der Waals surface area contributed by atoms with Crippen molar-refractivity contribution in [3.63, 3.8) is 0 Å². The second-order valence-corrected chi connectivity index (χ2v) is 4.18. The van der Waals surface area contributed by atoms with Crippen molar-refractivity contribution in [1.29, 1.82) is 0 Å². The van der Waals surface area contributed by atoms with Gasteiger partial charge in [0.05, 0.1) is 0 Å². The van der Waals surface area contributed by atoms with E-state index < -0.39 is 17.0 Å². The molecule has 1 rings (SSSR count). The highest BCUT2D eigenvalue weighted by Gasteiger charge is 2.34. The molecule has 1 aliphatic rings. The molecule has 0 fully saturated rings. The third-order valence-corrected chi connectivity index (χ3v) is 2.82. The third kappa shape index (κ3) is 4.24. The first-order valence-electron chi connectivity index (χ1n) is 4.84. The zero-order valence-electron chi connectivity index (χ0n) is 8.11. The maximum Gasteiger partial charge on any atom is 0.412 e. The molecule has 1 unspecified atom stereocenters. The lowest BCUT2D eigenvalue weighted by molar-refractivity contribution is -0.112. The monoisotopic (exact) mass is 240 g/mol. The molecular weight excluding hydrogens is 229 g/mol. The van der Waals surface area contributed by atoms with Gasteiger partial charge >= 0.3 is 6.18 Å². The maximum atomic E-state index is 12.2. The van der Waals surface area contributed by atoms with E-state index in [9.17, 15) is 18.0 Å². The van der Waals surface area contributed by atoms with Crippen molar-refractivity contribution in [2.45, 2.75) is 38.3 Å². The zero-order valence-corrected chi connectivity index (χ0v) is 8.87. The lowest BCUT2D eigenvalue weighted by Crippen LogP contribution is -2.17. The van der Waals surface area contributed by atoms with Crippen LogP contribution in [-0.4, -0.2) is 11.4 Å². The van der Waals surface area contributed by atoms with Crippen molar-refractivity contribution in [3.8, 4) is 0 Å². The molecule has 1 aliphatic carbocycles. The number of rotatable bonds is 3. The first-order valence-corrected chi connectivity index (χ1v) is 5.22. The summed E-state index contributed by atoms with van der Waals surface area (Å²) in [6.45, 7) is 0. The average molecular weight is 241 g/mol. The summed E-state index contributed by atoms with van der Waals surface area (Å²) in [6, 6.07) is 0. The van der Waals surface area contributed by atoms with Gasteiger partial charge in [0.1, 0.15) is 0 Å². The highest BCUT2D eigenvalue weighted by Crippen LogP contribution is 2.36. The van der Waals surface area contributed by atoms with Crippen LogP contribution in [0.3, 0.4) is 0 Å². The highest BCUT2D eigenvalue weighted by atomic mass is 35.5. The molecule has 1 atom stereocenters. The molecule has 0 aliphatic heterocycles. The number of allylic oxidation sites excluding steroid dienone is 2. The Bertz CT molecular complexity index is 270. The molecule has 1 nitrogen and oxygen atoms in total.